The van der Waals surface area contributed by atoms with Gasteiger partial charge in [0.2, 0.25) is 0 Å². The Kier molecular flexibility index (Phi) is 3.79. The van der Waals surface area contributed by atoms with E-state index in [4.69, 9.17) is 10.5 Å². The van der Waals surface area contributed by atoms with Crippen LogP contribution in [0.2, 0.25) is 0 Å². The highest BCUT2D eigenvalue weighted by atomic mass is 16.5. The van der Waals surface area contributed by atoms with Gasteiger partial charge in [-0.2, -0.15) is 0 Å². The van der Waals surface area contributed by atoms with Crippen LogP contribution in [0.25, 0.3) is 0 Å². The Balaban J connectivity index is 2.30. The molecule has 0 radical (unpaired) electrons. The van der Waals surface area contributed by atoms with Crippen molar-refractivity contribution in [2.45, 2.75) is 6.92 Å². The van der Waals surface area contributed by atoms with Crippen molar-refractivity contribution >= 4 is 17.3 Å². The maximum atomic E-state index is 12.3. The minimum atomic E-state index is -0.317. The molecule has 0 aliphatic carbocycles. The van der Waals surface area contributed by atoms with Crippen LogP contribution >= 0.6 is 0 Å². The number of hydrogen-bond acceptors (Lipinski definition) is 4. The van der Waals surface area contributed by atoms with Gasteiger partial charge < -0.3 is 20.9 Å². The molecule has 5 nitrogen and oxygen atoms in total. The number of carbonyl (C=O) groups excluding carboxylic acids is 1. The van der Waals surface area contributed by atoms with E-state index >= 15 is 0 Å². The summed E-state index contributed by atoms with van der Waals surface area (Å²) >= 11 is 0. The molecule has 0 spiro atoms. The van der Waals surface area contributed by atoms with Crippen LogP contribution in [0.15, 0.2) is 36.4 Å². The van der Waals surface area contributed by atoms with Crippen LogP contribution in [0.1, 0.15) is 15.9 Å². The first-order valence-corrected chi connectivity index (χ1v) is 6.05. The second kappa shape index (κ2) is 5.52. The summed E-state index contributed by atoms with van der Waals surface area (Å²) in [4.78, 5) is 12.3. The van der Waals surface area contributed by atoms with E-state index in [-0.39, 0.29) is 11.7 Å². The lowest BCUT2D eigenvalue weighted by Gasteiger charge is -2.11. The first kappa shape index (κ1) is 13.7. The lowest BCUT2D eigenvalue weighted by atomic mass is 10.1. The third-order valence-electron chi connectivity index (χ3n) is 2.88. The minimum Gasteiger partial charge on any atom is -0.508 e. The third-order valence-corrected chi connectivity index (χ3v) is 2.88. The molecular weight excluding hydrogens is 256 g/mol. The van der Waals surface area contributed by atoms with Gasteiger partial charge in [-0.05, 0) is 31.2 Å². The van der Waals surface area contributed by atoms with Crippen LogP contribution in [-0.2, 0) is 0 Å². The fraction of sp³-hybridized carbons (Fsp3) is 0.133. The Morgan fingerprint density at radius 3 is 2.65 bits per heavy atom. The first-order valence-electron chi connectivity index (χ1n) is 6.05. The molecule has 104 valence electrons. The zero-order valence-electron chi connectivity index (χ0n) is 11.3. The molecule has 0 aliphatic rings. The van der Waals surface area contributed by atoms with E-state index in [2.05, 4.69) is 5.32 Å². The molecule has 0 saturated carbocycles. The van der Waals surface area contributed by atoms with Crippen molar-refractivity contribution in [3.8, 4) is 11.5 Å². The largest absolute Gasteiger partial charge is 0.508 e. The number of anilines is 2. The quantitative estimate of drug-likeness (QED) is 0.592. The van der Waals surface area contributed by atoms with E-state index in [1.807, 2.05) is 13.0 Å². The van der Waals surface area contributed by atoms with Crippen molar-refractivity contribution in [2.75, 3.05) is 18.2 Å². The highest BCUT2D eigenvalue weighted by molar-refractivity contribution is 6.07. The number of aromatic hydroxyl groups is 1. The standard InChI is InChI=1S/C15H16N2O3/c1-9-3-6-14(20-2)11(7-9)15(19)17-13-5-4-10(18)8-12(13)16/h3-8,18H,16H2,1-2H3,(H,17,19). The number of benzene rings is 2. The van der Waals surface area contributed by atoms with Gasteiger partial charge in [-0.3, -0.25) is 4.79 Å². The number of hydrogen-bond donors (Lipinski definition) is 3. The number of nitrogen functional groups attached to an aromatic ring is 1. The molecule has 20 heavy (non-hydrogen) atoms. The smallest absolute Gasteiger partial charge is 0.259 e. The predicted octanol–water partition coefficient (Wildman–Crippen LogP) is 2.54. The van der Waals surface area contributed by atoms with Gasteiger partial charge in [0.1, 0.15) is 11.5 Å². The Hall–Kier alpha value is -2.69. The summed E-state index contributed by atoms with van der Waals surface area (Å²) in [5, 5.41) is 12.0. The second-order valence-corrected chi connectivity index (χ2v) is 4.43. The SMILES string of the molecule is COc1ccc(C)cc1C(=O)Nc1ccc(O)cc1N. The van der Waals surface area contributed by atoms with E-state index in [1.54, 1.807) is 18.2 Å². The molecule has 4 N–H and O–H groups in total. The zero-order chi connectivity index (χ0) is 14.7. The Bertz CT molecular complexity index is 654. The van der Waals surface area contributed by atoms with Crippen LogP contribution in [0.4, 0.5) is 11.4 Å². The highest BCUT2D eigenvalue weighted by Gasteiger charge is 2.13. The molecule has 0 aromatic heterocycles. The van der Waals surface area contributed by atoms with Crippen molar-refractivity contribution in [3.05, 3.63) is 47.5 Å². The number of phenolic OH excluding ortho intramolecular Hbond substituents is 1. The van der Waals surface area contributed by atoms with Gasteiger partial charge in [0, 0.05) is 6.07 Å². The van der Waals surface area contributed by atoms with Crippen LogP contribution in [0.5, 0.6) is 11.5 Å². The monoisotopic (exact) mass is 272 g/mol. The van der Waals surface area contributed by atoms with Gasteiger partial charge in [0.15, 0.2) is 0 Å². The molecule has 0 unspecified atom stereocenters. The summed E-state index contributed by atoms with van der Waals surface area (Å²) in [6, 6.07) is 9.73. The van der Waals surface area contributed by atoms with Crippen molar-refractivity contribution < 1.29 is 14.6 Å². The van der Waals surface area contributed by atoms with Crippen molar-refractivity contribution in [3.63, 3.8) is 0 Å². The summed E-state index contributed by atoms with van der Waals surface area (Å²) in [6.07, 6.45) is 0. The number of rotatable bonds is 3. The van der Waals surface area contributed by atoms with Gasteiger partial charge in [-0.1, -0.05) is 11.6 Å². The zero-order valence-corrected chi connectivity index (χ0v) is 11.3. The van der Waals surface area contributed by atoms with Crippen molar-refractivity contribution in [2.24, 2.45) is 0 Å². The first-order chi connectivity index (χ1) is 9.51. The lowest BCUT2D eigenvalue weighted by molar-refractivity contribution is 0.102. The summed E-state index contributed by atoms with van der Waals surface area (Å²) in [5.41, 5.74) is 7.86. The number of ether oxygens (including phenoxy) is 1. The van der Waals surface area contributed by atoms with E-state index < -0.39 is 0 Å². The van der Waals surface area contributed by atoms with E-state index in [9.17, 15) is 9.90 Å². The summed E-state index contributed by atoms with van der Waals surface area (Å²) in [6.45, 7) is 1.89. The molecule has 2 aromatic carbocycles. The van der Waals surface area contributed by atoms with E-state index in [0.717, 1.165) is 5.56 Å². The number of carbonyl (C=O) groups is 1. The molecule has 0 heterocycles. The predicted molar refractivity (Wildman–Crippen MR) is 78.2 cm³/mol. The van der Waals surface area contributed by atoms with Crippen LogP contribution in [0, 0.1) is 6.92 Å². The van der Waals surface area contributed by atoms with Crippen LogP contribution in [-0.4, -0.2) is 18.1 Å². The molecule has 0 saturated heterocycles. The maximum absolute atomic E-state index is 12.3. The van der Waals surface area contributed by atoms with E-state index in [1.165, 1.54) is 19.2 Å². The molecule has 0 bridgehead atoms. The number of amides is 1. The summed E-state index contributed by atoms with van der Waals surface area (Å²) in [5.74, 6) is 0.224. The number of methoxy groups -OCH3 is 1. The molecule has 0 atom stereocenters. The molecule has 1 amide bonds. The topological polar surface area (TPSA) is 84.6 Å². The highest BCUT2D eigenvalue weighted by Crippen LogP contribution is 2.26. The van der Waals surface area contributed by atoms with Crippen molar-refractivity contribution in [1.82, 2.24) is 0 Å². The lowest BCUT2D eigenvalue weighted by Crippen LogP contribution is -2.14. The molecular formula is C15H16N2O3. The second-order valence-electron chi connectivity index (χ2n) is 4.43. The normalized spacial score (nSPS) is 10.1. The fourth-order valence-electron chi connectivity index (χ4n) is 1.85. The molecule has 2 aromatic rings. The minimum absolute atomic E-state index is 0.0497. The van der Waals surface area contributed by atoms with Crippen LogP contribution < -0.4 is 15.8 Å². The third kappa shape index (κ3) is 2.83. The molecule has 5 heteroatoms. The number of nitrogens with two attached hydrogens (primary N) is 1. The maximum Gasteiger partial charge on any atom is 0.259 e. The fourth-order valence-corrected chi connectivity index (χ4v) is 1.85. The summed E-state index contributed by atoms with van der Waals surface area (Å²) in [7, 11) is 1.51. The van der Waals surface area contributed by atoms with Gasteiger partial charge >= 0.3 is 0 Å². The van der Waals surface area contributed by atoms with Gasteiger partial charge in [-0.15, -0.1) is 0 Å². The molecule has 0 aliphatic heterocycles. The number of phenols is 1. The molecule has 2 rings (SSSR count). The Labute approximate surface area is 117 Å². The van der Waals surface area contributed by atoms with Crippen LogP contribution in [0.3, 0.4) is 0 Å². The Morgan fingerprint density at radius 1 is 1.25 bits per heavy atom. The summed E-state index contributed by atoms with van der Waals surface area (Å²) < 4.78 is 5.18. The molecule has 0 fully saturated rings. The number of nitrogens with one attached hydrogen (secondary N) is 1. The van der Waals surface area contributed by atoms with Gasteiger partial charge in [-0.25, -0.2) is 0 Å². The van der Waals surface area contributed by atoms with Gasteiger partial charge in [0.05, 0.1) is 24.0 Å². The average molecular weight is 272 g/mol. The van der Waals surface area contributed by atoms with E-state index in [0.29, 0.717) is 22.7 Å². The van der Waals surface area contributed by atoms with Crippen molar-refractivity contribution in [1.29, 1.82) is 0 Å². The Morgan fingerprint density at radius 2 is 2.00 bits per heavy atom. The van der Waals surface area contributed by atoms with Gasteiger partial charge in [0.25, 0.3) is 5.91 Å². The number of aryl methyl sites for hydroxylation is 1. The average Bonchev–Trinajstić information content (AvgIpc) is 2.41.